The van der Waals surface area contributed by atoms with Crippen LogP contribution in [0.15, 0.2) is 15.6 Å². The van der Waals surface area contributed by atoms with E-state index >= 15 is 0 Å². The molecule has 1 aromatic rings. The quantitative estimate of drug-likeness (QED) is 0.369. The molecule has 1 heterocycles. The van der Waals surface area contributed by atoms with Crippen molar-refractivity contribution in [2.75, 3.05) is 27.2 Å². The van der Waals surface area contributed by atoms with E-state index < -0.39 is 0 Å². The van der Waals surface area contributed by atoms with Crippen LogP contribution in [0.4, 0.5) is 0 Å². The predicted molar refractivity (Wildman–Crippen MR) is 114 cm³/mol. The highest BCUT2D eigenvalue weighted by Gasteiger charge is 2.17. The molecule has 0 aliphatic heterocycles. The molecule has 6 nitrogen and oxygen atoms in total. The SMILES string of the molecule is CN=C(NCCN(C)C1CCCCC1)NCc1cc(C(C)C)no1.I. The van der Waals surface area contributed by atoms with Gasteiger partial charge in [0.1, 0.15) is 0 Å². The number of nitrogens with one attached hydrogen (secondary N) is 2. The molecule has 1 aromatic heterocycles. The van der Waals surface area contributed by atoms with E-state index in [0.29, 0.717) is 12.5 Å². The van der Waals surface area contributed by atoms with Crippen LogP contribution in [-0.4, -0.2) is 49.2 Å². The van der Waals surface area contributed by atoms with Crippen LogP contribution in [0.2, 0.25) is 0 Å². The lowest BCUT2D eigenvalue weighted by atomic mass is 9.94. The van der Waals surface area contributed by atoms with Crippen LogP contribution in [-0.2, 0) is 6.54 Å². The first-order valence-corrected chi connectivity index (χ1v) is 9.20. The van der Waals surface area contributed by atoms with Crippen LogP contribution in [0.25, 0.3) is 0 Å². The Morgan fingerprint density at radius 1 is 1.32 bits per heavy atom. The number of aromatic nitrogens is 1. The molecule has 7 heteroatoms. The van der Waals surface area contributed by atoms with E-state index in [1.807, 2.05) is 6.07 Å². The maximum Gasteiger partial charge on any atom is 0.191 e. The van der Waals surface area contributed by atoms with Crippen molar-refractivity contribution in [1.29, 1.82) is 0 Å². The van der Waals surface area contributed by atoms with E-state index in [-0.39, 0.29) is 24.0 Å². The van der Waals surface area contributed by atoms with Gasteiger partial charge in [-0.1, -0.05) is 38.3 Å². The number of guanidine groups is 1. The summed E-state index contributed by atoms with van der Waals surface area (Å²) in [5.74, 6) is 2.02. The van der Waals surface area contributed by atoms with Crippen molar-refractivity contribution in [2.24, 2.45) is 4.99 Å². The van der Waals surface area contributed by atoms with Crippen molar-refractivity contribution in [3.8, 4) is 0 Å². The summed E-state index contributed by atoms with van der Waals surface area (Å²) in [6.45, 7) is 6.74. The van der Waals surface area contributed by atoms with E-state index in [4.69, 9.17) is 4.52 Å². The maximum absolute atomic E-state index is 5.34. The van der Waals surface area contributed by atoms with Gasteiger partial charge in [0.25, 0.3) is 0 Å². The van der Waals surface area contributed by atoms with Gasteiger partial charge in [-0.15, -0.1) is 24.0 Å². The molecule has 0 bridgehead atoms. The molecule has 2 N–H and O–H groups in total. The molecule has 0 unspecified atom stereocenters. The molecule has 144 valence electrons. The van der Waals surface area contributed by atoms with Gasteiger partial charge >= 0.3 is 0 Å². The Balaban J connectivity index is 0.00000312. The normalized spacial score (nSPS) is 16.2. The third-order valence-electron chi connectivity index (χ3n) is 4.78. The molecule has 1 aliphatic carbocycles. The van der Waals surface area contributed by atoms with Crippen molar-refractivity contribution in [2.45, 2.75) is 64.5 Å². The topological polar surface area (TPSA) is 65.7 Å². The summed E-state index contributed by atoms with van der Waals surface area (Å²) >= 11 is 0. The van der Waals surface area contributed by atoms with Crippen LogP contribution in [0, 0.1) is 0 Å². The minimum atomic E-state index is 0. The second kappa shape index (κ2) is 11.7. The number of hydrogen-bond acceptors (Lipinski definition) is 4. The molecule has 0 atom stereocenters. The molecular formula is C18H34IN5O. The van der Waals surface area contributed by atoms with Crippen LogP contribution in [0.5, 0.6) is 0 Å². The zero-order valence-electron chi connectivity index (χ0n) is 16.0. The van der Waals surface area contributed by atoms with Gasteiger partial charge in [0, 0.05) is 32.2 Å². The lowest BCUT2D eigenvalue weighted by Gasteiger charge is -2.31. The largest absolute Gasteiger partial charge is 0.359 e. The van der Waals surface area contributed by atoms with Crippen molar-refractivity contribution < 1.29 is 4.52 Å². The van der Waals surface area contributed by atoms with E-state index in [1.54, 1.807) is 7.05 Å². The molecule has 0 spiro atoms. The minimum absolute atomic E-state index is 0. The fourth-order valence-corrected chi connectivity index (χ4v) is 3.13. The summed E-state index contributed by atoms with van der Waals surface area (Å²) in [7, 11) is 4.02. The average molecular weight is 463 g/mol. The van der Waals surface area contributed by atoms with E-state index in [2.05, 4.69) is 46.6 Å². The van der Waals surface area contributed by atoms with E-state index in [9.17, 15) is 0 Å². The first-order valence-electron chi connectivity index (χ1n) is 9.20. The Kier molecular flexibility index (Phi) is 10.4. The van der Waals surface area contributed by atoms with Crippen molar-refractivity contribution in [3.05, 3.63) is 17.5 Å². The van der Waals surface area contributed by atoms with Crippen LogP contribution >= 0.6 is 24.0 Å². The monoisotopic (exact) mass is 463 g/mol. The van der Waals surface area contributed by atoms with Gasteiger partial charge in [0.05, 0.1) is 12.2 Å². The number of rotatable bonds is 7. The Bertz CT molecular complexity index is 511. The Morgan fingerprint density at radius 3 is 2.64 bits per heavy atom. The molecule has 25 heavy (non-hydrogen) atoms. The van der Waals surface area contributed by atoms with Gasteiger partial charge in [0.2, 0.25) is 0 Å². The van der Waals surface area contributed by atoms with Crippen molar-refractivity contribution in [3.63, 3.8) is 0 Å². The number of hydrogen-bond donors (Lipinski definition) is 2. The first-order chi connectivity index (χ1) is 11.6. The molecule has 0 aromatic carbocycles. The predicted octanol–water partition coefficient (Wildman–Crippen LogP) is 3.35. The number of likely N-dealkylation sites (N-methyl/N-ethyl adjacent to an activating group) is 1. The standard InChI is InChI=1S/C18H33N5O.HI/c1-14(2)17-12-16(24-22-17)13-21-18(19-3)20-10-11-23(4)15-8-6-5-7-9-15;/h12,14-15H,5-11,13H2,1-4H3,(H2,19,20,21);1H. The maximum atomic E-state index is 5.34. The lowest BCUT2D eigenvalue weighted by molar-refractivity contribution is 0.194. The van der Waals surface area contributed by atoms with Gasteiger partial charge in [-0.2, -0.15) is 0 Å². The van der Waals surface area contributed by atoms with Gasteiger partial charge in [0.15, 0.2) is 11.7 Å². The fraction of sp³-hybridized carbons (Fsp3) is 0.778. The van der Waals surface area contributed by atoms with Gasteiger partial charge < -0.3 is 20.1 Å². The summed E-state index contributed by atoms with van der Waals surface area (Å²) in [6.07, 6.45) is 6.84. The van der Waals surface area contributed by atoms with Gasteiger partial charge in [-0.25, -0.2) is 0 Å². The van der Waals surface area contributed by atoms with Crippen molar-refractivity contribution >= 4 is 29.9 Å². The highest BCUT2D eigenvalue weighted by molar-refractivity contribution is 14.0. The molecule has 1 saturated carbocycles. The average Bonchev–Trinajstić information content (AvgIpc) is 3.08. The van der Waals surface area contributed by atoms with Crippen LogP contribution in [0.3, 0.4) is 0 Å². The fourth-order valence-electron chi connectivity index (χ4n) is 3.13. The summed E-state index contributed by atoms with van der Waals surface area (Å²) in [4.78, 5) is 6.75. The number of nitrogens with zero attached hydrogens (tertiary/aromatic N) is 3. The molecule has 0 radical (unpaired) electrons. The minimum Gasteiger partial charge on any atom is -0.359 e. The highest BCUT2D eigenvalue weighted by Crippen LogP contribution is 2.21. The first kappa shape index (κ1) is 22.2. The van der Waals surface area contributed by atoms with Crippen molar-refractivity contribution in [1.82, 2.24) is 20.7 Å². The van der Waals surface area contributed by atoms with Crippen LogP contribution in [0.1, 0.15) is 63.3 Å². The molecular weight excluding hydrogens is 429 g/mol. The Hall–Kier alpha value is -0.830. The summed E-state index contributed by atoms with van der Waals surface area (Å²) in [5, 5.41) is 10.7. The zero-order chi connectivity index (χ0) is 17.4. The van der Waals surface area contributed by atoms with Gasteiger partial charge in [-0.05, 0) is 25.8 Å². The van der Waals surface area contributed by atoms with E-state index in [1.165, 1.54) is 32.1 Å². The lowest BCUT2D eigenvalue weighted by Crippen LogP contribution is -2.43. The number of aliphatic imine (C=N–C) groups is 1. The highest BCUT2D eigenvalue weighted by atomic mass is 127. The molecule has 0 amide bonds. The molecule has 1 aliphatic rings. The second-order valence-electron chi connectivity index (χ2n) is 7.00. The molecule has 2 rings (SSSR count). The summed E-state index contributed by atoms with van der Waals surface area (Å²) in [6, 6.07) is 2.75. The zero-order valence-corrected chi connectivity index (χ0v) is 18.4. The smallest absolute Gasteiger partial charge is 0.191 e. The van der Waals surface area contributed by atoms with Gasteiger partial charge in [-0.3, -0.25) is 4.99 Å². The second-order valence-corrected chi connectivity index (χ2v) is 7.00. The molecule has 1 fully saturated rings. The molecule has 0 saturated heterocycles. The summed E-state index contributed by atoms with van der Waals surface area (Å²) < 4.78 is 5.34. The Labute approximate surface area is 169 Å². The Morgan fingerprint density at radius 2 is 2.04 bits per heavy atom. The van der Waals surface area contributed by atoms with E-state index in [0.717, 1.165) is 36.5 Å². The number of halogens is 1. The summed E-state index contributed by atoms with van der Waals surface area (Å²) in [5.41, 5.74) is 0.990. The third-order valence-corrected chi connectivity index (χ3v) is 4.78. The van der Waals surface area contributed by atoms with Crippen LogP contribution < -0.4 is 10.6 Å². The third kappa shape index (κ3) is 7.52.